The van der Waals surface area contributed by atoms with Crippen LogP contribution >= 0.6 is 11.3 Å². The van der Waals surface area contributed by atoms with E-state index in [-0.39, 0.29) is 10.8 Å². The number of fused-ring (bicyclic) bond motifs is 2. The first-order chi connectivity index (χ1) is 9.93. The predicted molar refractivity (Wildman–Crippen MR) is 94.4 cm³/mol. The van der Waals surface area contributed by atoms with Gasteiger partial charge in [-0.3, -0.25) is 4.79 Å². The van der Waals surface area contributed by atoms with Gasteiger partial charge in [0, 0.05) is 20.2 Å². The van der Waals surface area contributed by atoms with Gasteiger partial charge in [0.05, 0.1) is 0 Å². The average molecular weight is 294 g/mol. The molecule has 0 aliphatic carbocycles. The Morgan fingerprint density at radius 3 is 2.24 bits per heavy atom. The largest absolute Gasteiger partial charge is 0.288 e. The Bertz CT molecular complexity index is 910. The van der Waals surface area contributed by atoms with Gasteiger partial charge >= 0.3 is 0 Å². The van der Waals surface area contributed by atoms with Gasteiger partial charge in [-0.25, -0.2) is 0 Å². The lowest BCUT2D eigenvalue weighted by atomic mass is 9.84. The van der Waals surface area contributed by atoms with Gasteiger partial charge in [-0.15, -0.1) is 11.3 Å². The van der Waals surface area contributed by atoms with Crippen LogP contribution in [0, 0.1) is 0 Å². The van der Waals surface area contributed by atoms with Crippen molar-refractivity contribution in [1.29, 1.82) is 0 Å². The van der Waals surface area contributed by atoms with E-state index >= 15 is 0 Å². The van der Waals surface area contributed by atoms with Crippen molar-refractivity contribution >= 4 is 37.6 Å². The summed E-state index contributed by atoms with van der Waals surface area (Å²) >= 11 is 1.68. The van der Waals surface area contributed by atoms with Crippen LogP contribution in [-0.2, 0) is 5.41 Å². The van der Waals surface area contributed by atoms with Crippen LogP contribution in [0.5, 0.6) is 0 Å². The fourth-order valence-electron chi connectivity index (χ4n) is 2.77. The second kappa shape index (κ2) is 4.81. The van der Waals surface area contributed by atoms with E-state index in [0.29, 0.717) is 0 Å². The summed E-state index contributed by atoms with van der Waals surface area (Å²) in [6.45, 7) is 10.3. The molecule has 0 radical (unpaired) electrons. The van der Waals surface area contributed by atoms with E-state index in [9.17, 15) is 4.79 Å². The average Bonchev–Trinajstić information content (AvgIpc) is 2.45. The van der Waals surface area contributed by atoms with Gasteiger partial charge in [0.25, 0.3) is 0 Å². The van der Waals surface area contributed by atoms with Gasteiger partial charge in [-0.2, -0.15) is 0 Å². The molecule has 0 bridgehead atoms. The molecule has 0 aliphatic heterocycles. The topological polar surface area (TPSA) is 17.1 Å². The highest BCUT2D eigenvalue weighted by atomic mass is 32.1. The highest BCUT2D eigenvalue weighted by Crippen LogP contribution is 2.33. The van der Waals surface area contributed by atoms with Gasteiger partial charge in [0.1, 0.15) is 0 Å². The molecule has 0 N–H and O–H groups in total. The van der Waals surface area contributed by atoms with E-state index in [1.54, 1.807) is 17.4 Å². The first kappa shape index (κ1) is 14.0. The predicted octanol–water partition coefficient (Wildman–Crippen LogP) is 5.36. The Morgan fingerprint density at radius 1 is 1.00 bits per heavy atom. The molecule has 0 amide bonds. The van der Waals surface area contributed by atoms with Gasteiger partial charge in [0.15, 0.2) is 5.43 Å². The molecule has 0 unspecified atom stereocenters. The zero-order valence-corrected chi connectivity index (χ0v) is 13.4. The van der Waals surface area contributed by atoms with E-state index in [2.05, 4.69) is 33.4 Å². The molecule has 1 nitrogen and oxygen atoms in total. The third-order valence-electron chi connectivity index (χ3n) is 3.79. The maximum absolute atomic E-state index is 13.1. The summed E-state index contributed by atoms with van der Waals surface area (Å²) in [4.78, 5) is 13.1. The van der Waals surface area contributed by atoms with Crippen LogP contribution in [0.2, 0.25) is 0 Å². The summed E-state index contributed by atoms with van der Waals surface area (Å²) < 4.78 is 2.08. The molecule has 0 saturated heterocycles. The molecule has 1 heterocycles. The van der Waals surface area contributed by atoms with E-state index in [4.69, 9.17) is 0 Å². The molecule has 2 heteroatoms. The number of hydrogen-bond acceptors (Lipinski definition) is 2. The number of rotatable bonds is 1. The van der Waals surface area contributed by atoms with Crippen LogP contribution in [0.1, 0.15) is 31.9 Å². The molecule has 106 valence electrons. The van der Waals surface area contributed by atoms with Gasteiger partial charge in [-0.05, 0) is 28.7 Å². The fourth-order valence-corrected chi connectivity index (χ4v) is 3.91. The van der Waals surface area contributed by atoms with Crippen molar-refractivity contribution in [2.75, 3.05) is 0 Å². The normalized spacial score (nSPS) is 12.0. The first-order valence-corrected chi connectivity index (χ1v) is 7.86. The molecule has 1 aromatic heterocycles. The van der Waals surface area contributed by atoms with E-state index in [1.807, 2.05) is 30.3 Å². The monoisotopic (exact) mass is 294 g/mol. The number of hydrogen-bond donors (Lipinski definition) is 0. The molecule has 21 heavy (non-hydrogen) atoms. The summed E-state index contributed by atoms with van der Waals surface area (Å²) in [5.41, 5.74) is 2.10. The zero-order chi connectivity index (χ0) is 15.2. The molecule has 0 spiro atoms. The standard InChI is InChI=1S/C19H18OS/c1-5-12-8-6-10-14-16(12)18(20)17-13(19(2,3)4)9-7-11-15(17)21-14/h5-11H,1H2,2-4H3. The molecule has 3 rings (SSSR count). The van der Waals surface area contributed by atoms with Crippen molar-refractivity contribution in [2.45, 2.75) is 26.2 Å². The Morgan fingerprint density at radius 2 is 1.62 bits per heavy atom. The van der Waals surface area contributed by atoms with Crippen molar-refractivity contribution in [3.8, 4) is 0 Å². The van der Waals surface area contributed by atoms with Crippen LogP contribution in [0.4, 0.5) is 0 Å². The van der Waals surface area contributed by atoms with Gasteiger partial charge < -0.3 is 0 Å². The third-order valence-corrected chi connectivity index (χ3v) is 4.91. The van der Waals surface area contributed by atoms with Crippen molar-refractivity contribution < 1.29 is 0 Å². The van der Waals surface area contributed by atoms with E-state index in [1.165, 1.54) is 0 Å². The lowest BCUT2D eigenvalue weighted by Crippen LogP contribution is -2.16. The van der Waals surface area contributed by atoms with Crippen LogP contribution in [0.3, 0.4) is 0 Å². The van der Waals surface area contributed by atoms with Crippen LogP contribution in [-0.4, -0.2) is 0 Å². The molecular formula is C19H18OS. The van der Waals surface area contributed by atoms with Crippen LogP contribution in [0.15, 0.2) is 47.8 Å². The molecule has 2 aromatic carbocycles. The lowest BCUT2D eigenvalue weighted by Gasteiger charge is -2.21. The van der Waals surface area contributed by atoms with Crippen molar-refractivity contribution in [2.24, 2.45) is 0 Å². The molecular weight excluding hydrogens is 276 g/mol. The summed E-state index contributed by atoms with van der Waals surface area (Å²) in [5, 5.41) is 1.65. The molecule has 0 fully saturated rings. The third kappa shape index (κ3) is 2.20. The minimum absolute atomic E-state index is 0.0534. The van der Waals surface area contributed by atoms with E-state index < -0.39 is 0 Å². The van der Waals surface area contributed by atoms with Gasteiger partial charge in [-0.1, -0.05) is 57.7 Å². The van der Waals surface area contributed by atoms with Gasteiger partial charge in [0.2, 0.25) is 0 Å². The van der Waals surface area contributed by atoms with Crippen molar-refractivity contribution in [3.05, 3.63) is 64.3 Å². The molecule has 0 atom stereocenters. The second-order valence-electron chi connectivity index (χ2n) is 6.28. The van der Waals surface area contributed by atoms with E-state index in [0.717, 1.165) is 31.3 Å². The Labute approximate surface area is 128 Å². The molecule has 0 aliphatic rings. The summed E-state index contributed by atoms with van der Waals surface area (Å²) in [6, 6.07) is 12.1. The first-order valence-electron chi connectivity index (χ1n) is 7.05. The highest BCUT2D eigenvalue weighted by Gasteiger charge is 2.20. The van der Waals surface area contributed by atoms with Crippen molar-refractivity contribution in [1.82, 2.24) is 0 Å². The quantitative estimate of drug-likeness (QED) is 0.552. The smallest absolute Gasteiger partial charge is 0.196 e. The Kier molecular flexibility index (Phi) is 3.22. The fraction of sp³-hybridized carbons (Fsp3) is 0.211. The molecule has 0 saturated carbocycles. The molecule has 3 aromatic rings. The summed E-state index contributed by atoms with van der Waals surface area (Å²) in [6.07, 6.45) is 1.77. The maximum Gasteiger partial charge on any atom is 0.196 e. The lowest BCUT2D eigenvalue weighted by molar-refractivity contribution is 0.596. The minimum atomic E-state index is -0.0534. The maximum atomic E-state index is 13.1. The SMILES string of the molecule is C=Cc1cccc2sc3cccc(C(C)(C)C)c3c(=O)c12. The Hall–Kier alpha value is -1.93. The summed E-state index contributed by atoms with van der Waals surface area (Å²) in [5.74, 6) is 0. The van der Waals surface area contributed by atoms with Crippen LogP contribution < -0.4 is 5.43 Å². The summed E-state index contributed by atoms with van der Waals surface area (Å²) in [7, 11) is 0. The van der Waals surface area contributed by atoms with Crippen molar-refractivity contribution in [3.63, 3.8) is 0 Å². The highest BCUT2D eigenvalue weighted by molar-refractivity contribution is 7.24. The minimum Gasteiger partial charge on any atom is -0.288 e. The van der Waals surface area contributed by atoms with Crippen LogP contribution in [0.25, 0.3) is 26.2 Å². The second-order valence-corrected chi connectivity index (χ2v) is 7.37. The Balaban J connectivity index is 2.60. The zero-order valence-electron chi connectivity index (χ0n) is 12.6. The number of benzene rings is 2.